The van der Waals surface area contributed by atoms with Gasteiger partial charge in [-0.15, -0.1) is 0 Å². The van der Waals surface area contributed by atoms with Gasteiger partial charge in [-0.25, -0.2) is 9.97 Å². The number of nitrogens with zero attached hydrogens (tertiary/aromatic N) is 3. The van der Waals surface area contributed by atoms with Crippen molar-refractivity contribution in [3.63, 3.8) is 0 Å². The molecule has 6 nitrogen and oxygen atoms in total. The zero-order valence-corrected chi connectivity index (χ0v) is 12.6. The number of aromatic nitrogens is 3. The van der Waals surface area contributed by atoms with E-state index < -0.39 is 0 Å². The normalized spacial score (nSPS) is 10.5. The highest BCUT2D eigenvalue weighted by Gasteiger charge is 2.08. The quantitative estimate of drug-likeness (QED) is 0.787. The van der Waals surface area contributed by atoms with Crippen LogP contribution in [0.3, 0.4) is 0 Å². The highest BCUT2D eigenvalue weighted by molar-refractivity contribution is 6.04. The first-order valence-corrected chi connectivity index (χ1v) is 7.10. The molecule has 1 aromatic carbocycles. The smallest absolute Gasteiger partial charge is 0.255 e. The van der Waals surface area contributed by atoms with Crippen molar-refractivity contribution in [1.29, 1.82) is 0 Å². The maximum absolute atomic E-state index is 12.4. The van der Waals surface area contributed by atoms with E-state index in [2.05, 4.69) is 15.3 Å². The van der Waals surface area contributed by atoms with E-state index in [0.29, 0.717) is 18.0 Å². The van der Waals surface area contributed by atoms with E-state index in [1.54, 1.807) is 48.7 Å². The fourth-order valence-corrected chi connectivity index (χ4v) is 2.20. The molecule has 0 saturated heterocycles. The van der Waals surface area contributed by atoms with Crippen LogP contribution in [-0.2, 0) is 11.3 Å². The maximum atomic E-state index is 12.4. The van der Waals surface area contributed by atoms with Crippen molar-refractivity contribution in [3.8, 4) is 5.82 Å². The summed E-state index contributed by atoms with van der Waals surface area (Å²) in [6.07, 6.45) is 6.68. The van der Waals surface area contributed by atoms with Crippen LogP contribution in [0.15, 0.2) is 61.3 Å². The second-order valence-corrected chi connectivity index (χ2v) is 4.96. The number of carbonyl (C=O) groups is 1. The first kappa shape index (κ1) is 14.9. The highest BCUT2D eigenvalue weighted by atomic mass is 16.5. The summed E-state index contributed by atoms with van der Waals surface area (Å²) in [6, 6.07) is 11.0. The molecular formula is C17H16N4O2. The van der Waals surface area contributed by atoms with E-state index in [1.807, 2.05) is 24.3 Å². The molecule has 0 saturated carbocycles. The lowest BCUT2D eigenvalue weighted by Crippen LogP contribution is -2.13. The number of carbonyl (C=O) groups excluding carboxylic acids is 1. The highest BCUT2D eigenvalue weighted by Crippen LogP contribution is 2.14. The summed E-state index contributed by atoms with van der Waals surface area (Å²) >= 11 is 0. The van der Waals surface area contributed by atoms with Crippen molar-refractivity contribution in [2.75, 3.05) is 12.4 Å². The standard InChI is InChI=1S/C17H16N4O2/c1-23-11-13-3-2-4-15(9-13)20-17(22)14-5-6-19-16(10-14)21-8-7-18-12-21/h2-10,12H,11H2,1H3,(H,20,22). The van der Waals surface area contributed by atoms with E-state index in [4.69, 9.17) is 4.74 Å². The molecule has 0 aliphatic rings. The third kappa shape index (κ3) is 3.61. The molecule has 0 bridgehead atoms. The Balaban J connectivity index is 1.78. The van der Waals surface area contributed by atoms with Crippen molar-refractivity contribution >= 4 is 11.6 Å². The Morgan fingerprint density at radius 1 is 1.26 bits per heavy atom. The second kappa shape index (κ2) is 6.85. The van der Waals surface area contributed by atoms with Crippen molar-refractivity contribution < 1.29 is 9.53 Å². The van der Waals surface area contributed by atoms with Gasteiger partial charge >= 0.3 is 0 Å². The molecule has 2 aromatic heterocycles. The van der Waals surface area contributed by atoms with Crippen molar-refractivity contribution in [2.45, 2.75) is 6.61 Å². The van der Waals surface area contributed by atoms with E-state index in [0.717, 1.165) is 11.3 Å². The van der Waals surface area contributed by atoms with Crippen LogP contribution in [0.1, 0.15) is 15.9 Å². The summed E-state index contributed by atoms with van der Waals surface area (Å²) in [5.74, 6) is 0.451. The Morgan fingerprint density at radius 2 is 2.17 bits per heavy atom. The number of hydrogen-bond acceptors (Lipinski definition) is 4. The molecule has 1 N–H and O–H groups in total. The Labute approximate surface area is 133 Å². The van der Waals surface area contributed by atoms with Gasteiger partial charge in [-0.1, -0.05) is 12.1 Å². The number of pyridine rings is 1. The van der Waals surface area contributed by atoms with Gasteiger partial charge in [0.1, 0.15) is 12.1 Å². The van der Waals surface area contributed by atoms with Gasteiger partial charge in [-0.05, 0) is 29.8 Å². The molecule has 3 rings (SSSR count). The fourth-order valence-electron chi connectivity index (χ4n) is 2.20. The number of benzene rings is 1. The topological polar surface area (TPSA) is 69.0 Å². The van der Waals surface area contributed by atoms with Crippen LogP contribution in [0.4, 0.5) is 5.69 Å². The fraction of sp³-hybridized carbons (Fsp3) is 0.118. The Hall–Kier alpha value is -2.99. The Bertz CT molecular complexity index is 800. The summed E-state index contributed by atoms with van der Waals surface area (Å²) < 4.78 is 6.85. The summed E-state index contributed by atoms with van der Waals surface area (Å²) in [4.78, 5) is 20.6. The molecule has 2 heterocycles. The molecule has 0 radical (unpaired) electrons. The predicted molar refractivity (Wildman–Crippen MR) is 86.5 cm³/mol. The van der Waals surface area contributed by atoms with Crippen LogP contribution in [-0.4, -0.2) is 27.6 Å². The summed E-state index contributed by atoms with van der Waals surface area (Å²) in [7, 11) is 1.64. The van der Waals surface area contributed by atoms with Gasteiger partial charge in [0.25, 0.3) is 5.91 Å². The number of nitrogens with one attached hydrogen (secondary N) is 1. The molecule has 0 unspecified atom stereocenters. The molecule has 0 spiro atoms. The molecule has 0 atom stereocenters. The van der Waals surface area contributed by atoms with Gasteiger partial charge < -0.3 is 10.1 Å². The van der Waals surface area contributed by atoms with Gasteiger partial charge in [0.2, 0.25) is 0 Å². The first-order chi connectivity index (χ1) is 11.3. The largest absolute Gasteiger partial charge is 0.380 e. The van der Waals surface area contributed by atoms with E-state index in [-0.39, 0.29) is 5.91 Å². The molecule has 3 aromatic rings. The molecule has 0 aliphatic carbocycles. The number of methoxy groups -OCH3 is 1. The lowest BCUT2D eigenvalue weighted by atomic mass is 10.2. The van der Waals surface area contributed by atoms with E-state index in [9.17, 15) is 4.79 Å². The Morgan fingerprint density at radius 3 is 2.96 bits per heavy atom. The van der Waals surface area contributed by atoms with Crippen molar-refractivity contribution in [2.24, 2.45) is 0 Å². The predicted octanol–water partition coefficient (Wildman–Crippen LogP) is 2.67. The van der Waals surface area contributed by atoms with E-state index in [1.165, 1.54) is 0 Å². The van der Waals surface area contributed by atoms with Crippen LogP contribution in [0.5, 0.6) is 0 Å². The number of imidazole rings is 1. The number of amides is 1. The first-order valence-electron chi connectivity index (χ1n) is 7.10. The van der Waals surface area contributed by atoms with E-state index >= 15 is 0 Å². The summed E-state index contributed by atoms with van der Waals surface area (Å²) in [6.45, 7) is 0.504. The molecule has 6 heteroatoms. The van der Waals surface area contributed by atoms with Crippen molar-refractivity contribution in [1.82, 2.24) is 14.5 Å². The van der Waals surface area contributed by atoms with Crippen LogP contribution in [0, 0.1) is 0 Å². The summed E-state index contributed by atoms with van der Waals surface area (Å²) in [5.41, 5.74) is 2.26. The average molecular weight is 308 g/mol. The molecule has 116 valence electrons. The molecule has 0 fully saturated rings. The van der Waals surface area contributed by atoms with Gasteiger partial charge in [0, 0.05) is 37.0 Å². The van der Waals surface area contributed by atoms with Crippen molar-refractivity contribution in [3.05, 3.63) is 72.4 Å². The lowest BCUT2D eigenvalue weighted by Gasteiger charge is -2.08. The SMILES string of the molecule is COCc1cccc(NC(=O)c2ccnc(-n3ccnc3)c2)c1. The van der Waals surface area contributed by atoms with Gasteiger partial charge in [-0.2, -0.15) is 0 Å². The van der Waals surface area contributed by atoms with Gasteiger partial charge in [0.15, 0.2) is 0 Å². The van der Waals surface area contributed by atoms with Crippen LogP contribution in [0.2, 0.25) is 0 Å². The Kier molecular flexibility index (Phi) is 4.44. The number of ether oxygens (including phenoxy) is 1. The third-order valence-corrected chi connectivity index (χ3v) is 3.27. The molecular weight excluding hydrogens is 292 g/mol. The van der Waals surface area contributed by atoms with Gasteiger partial charge in [-0.3, -0.25) is 9.36 Å². The molecule has 0 aliphatic heterocycles. The molecule has 23 heavy (non-hydrogen) atoms. The monoisotopic (exact) mass is 308 g/mol. The second-order valence-electron chi connectivity index (χ2n) is 4.96. The summed E-state index contributed by atoms with van der Waals surface area (Å²) in [5, 5.41) is 2.88. The van der Waals surface area contributed by atoms with Gasteiger partial charge in [0.05, 0.1) is 6.61 Å². The average Bonchev–Trinajstić information content (AvgIpc) is 3.10. The zero-order chi connectivity index (χ0) is 16.1. The minimum absolute atomic E-state index is 0.191. The minimum Gasteiger partial charge on any atom is -0.380 e. The third-order valence-electron chi connectivity index (χ3n) is 3.27. The lowest BCUT2D eigenvalue weighted by molar-refractivity contribution is 0.102. The zero-order valence-electron chi connectivity index (χ0n) is 12.6. The van der Waals surface area contributed by atoms with Crippen LogP contribution >= 0.6 is 0 Å². The van der Waals surface area contributed by atoms with Crippen LogP contribution < -0.4 is 5.32 Å². The number of hydrogen-bond donors (Lipinski definition) is 1. The number of rotatable bonds is 5. The van der Waals surface area contributed by atoms with Crippen LogP contribution in [0.25, 0.3) is 5.82 Å². The minimum atomic E-state index is -0.191. The maximum Gasteiger partial charge on any atom is 0.255 e. The number of anilines is 1. The molecule has 1 amide bonds.